The largest absolute Gasteiger partial charge is 0.0654 e. The van der Waals surface area contributed by atoms with Crippen LogP contribution >= 0.6 is 0 Å². The molecule has 0 spiro atoms. The van der Waals surface area contributed by atoms with Crippen molar-refractivity contribution in [2.45, 2.75) is 96.8 Å². The fraction of sp³-hybridized carbons (Fsp3) is 1.00. The molecule has 0 aromatic rings. The molecule has 2 rings (SSSR count). The highest BCUT2D eigenvalue weighted by Gasteiger charge is 2.25. The van der Waals surface area contributed by atoms with Crippen LogP contribution in [0, 0.1) is 17.8 Å². The first-order valence-corrected chi connectivity index (χ1v) is 8.90. The second-order valence-corrected chi connectivity index (χ2v) is 7.03. The third-order valence-electron chi connectivity index (χ3n) is 5.67. The molecule has 3 atom stereocenters. The summed E-state index contributed by atoms with van der Waals surface area (Å²) in [4.78, 5) is 0. The van der Waals surface area contributed by atoms with Gasteiger partial charge >= 0.3 is 0 Å². The molecular weight excluding hydrogens is 216 g/mol. The van der Waals surface area contributed by atoms with Gasteiger partial charge in [-0.1, -0.05) is 90.4 Å². The van der Waals surface area contributed by atoms with Crippen molar-refractivity contribution < 1.29 is 0 Å². The van der Waals surface area contributed by atoms with Gasteiger partial charge in [0.1, 0.15) is 0 Å². The minimum atomic E-state index is 1.08. The molecule has 0 saturated heterocycles. The molecule has 0 aromatic heterocycles. The third-order valence-corrected chi connectivity index (χ3v) is 5.67. The van der Waals surface area contributed by atoms with E-state index in [0.29, 0.717) is 0 Å². The topological polar surface area (TPSA) is 0 Å². The Morgan fingerprint density at radius 2 is 1.33 bits per heavy atom. The molecule has 0 heteroatoms. The molecule has 0 aliphatic heterocycles. The Balaban J connectivity index is 1.82. The summed E-state index contributed by atoms with van der Waals surface area (Å²) in [6, 6.07) is 0. The Bertz CT molecular complexity index is 208. The summed E-state index contributed by atoms with van der Waals surface area (Å²) in [5.41, 5.74) is 0. The Kier molecular flexibility index (Phi) is 6.59. The van der Waals surface area contributed by atoms with Gasteiger partial charge in [-0.05, 0) is 24.2 Å². The van der Waals surface area contributed by atoms with Crippen molar-refractivity contribution in [2.75, 3.05) is 0 Å². The average Bonchev–Trinajstić information content (AvgIpc) is 2.34. The van der Waals surface area contributed by atoms with Gasteiger partial charge < -0.3 is 0 Å². The summed E-state index contributed by atoms with van der Waals surface area (Å²) in [5.74, 6) is 3.29. The summed E-state index contributed by atoms with van der Waals surface area (Å²) in [6.07, 6.45) is 21.4. The monoisotopic (exact) mass is 250 g/mol. The number of rotatable bonds is 3. The first-order valence-electron chi connectivity index (χ1n) is 8.90. The van der Waals surface area contributed by atoms with Crippen molar-refractivity contribution in [3.05, 3.63) is 0 Å². The molecule has 0 heterocycles. The summed E-state index contributed by atoms with van der Waals surface area (Å²) >= 11 is 0. The van der Waals surface area contributed by atoms with E-state index in [2.05, 4.69) is 6.92 Å². The smallest absolute Gasteiger partial charge is 0.0386 e. The van der Waals surface area contributed by atoms with Crippen LogP contribution in [0.4, 0.5) is 0 Å². The van der Waals surface area contributed by atoms with E-state index in [1.807, 2.05) is 0 Å². The SMILES string of the molecule is CCCCC1CCCC2CCCCCCC2CC1. The van der Waals surface area contributed by atoms with Crippen LogP contribution < -0.4 is 0 Å². The van der Waals surface area contributed by atoms with Crippen LogP contribution in [0.2, 0.25) is 0 Å². The van der Waals surface area contributed by atoms with Crippen molar-refractivity contribution in [3.63, 3.8) is 0 Å². The van der Waals surface area contributed by atoms with E-state index in [9.17, 15) is 0 Å². The molecule has 18 heavy (non-hydrogen) atoms. The summed E-state index contributed by atoms with van der Waals surface area (Å²) < 4.78 is 0. The highest BCUT2D eigenvalue weighted by Crippen LogP contribution is 2.38. The van der Waals surface area contributed by atoms with Crippen molar-refractivity contribution >= 4 is 0 Å². The highest BCUT2D eigenvalue weighted by molar-refractivity contribution is 4.77. The zero-order valence-corrected chi connectivity index (χ0v) is 12.6. The molecular formula is C18H34. The lowest BCUT2D eigenvalue weighted by Gasteiger charge is -2.33. The van der Waals surface area contributed by atoms with Crippen molar-refractivity contribution in [1.82, 2.24) is 0 Å². The van der Waals surface area contributed by atoms with E-state index in [-0.39, 0.29) is 0 Å². The van der Waals surface area contributed by atoms with Crippen LogP contribution in [0.1, 0.15) is 96.8 Å². The van der Waals surface area contributed by atoms with E-state index in [0.717, 1.165) is 17.8 Å². The van der Waals surface area contributed by atoms with E-state index in [4.69, 9.17) is 0 Å². The van der Waals surface area contributed by atoms with Crippen molar-refractivity contribution in [3.8, 4) is 0 Å². The second-order valence-electron chi connectivity index (χ2n) is 7.03. The number of hydrogen-bond donors (Lipinski definition) is 0. The molecule has 2 saturated carbocycles. The zero-order chi connectivity index (χ0) is 12.6. The Hall–Kier alpha value is 0. The number of fused-ring (bicyclic) bond motifs is 1. The van der Waals surface area contributed by atoms with Gasteiger partial charge in [0.05, 0.1) is 0 Å². The molecule has 0 aromatic carbocycles. The van der Waals surface area contributed by atoms with Gasteiger partial charge in [-0.2, -0.15) is 0 Å². The molecule has 0 amide bonds. The molecule has 0 nitrogen and oxygen atoms in total. The lowest BCUT2D eigenvalue weighted by molar-refractivity contribution is 0.186. The predicted octanol–water partition coefficient (Wildman–Crippen LogP) is 6.34. The van der Waals surface area contributed by atoms with Crippen LogP contribution in [0.5, 0.6) is 0 Å². The Morgan fingerprint density at radius 3 is 2.06 bits per heavy atom. The fourth-order valence-electron chi connectivity index (χ4n) is 4.44. The minimum absolute atomic E-state index is 1.08. The van der Waals surface area contributed by atoms with Crippen LogP contribution in [0.15, 0.2) is 0 Å². The highest BCUT2D eigenvalue weighted by atomic mass is 14.3. The maximum Gasteiger partial charge on any atom is -0.0386 e. The van der Waals surface area contributed by atoms with E-state index in [1.165, 1.54) is 51.4 Å². The van der Waals surface area contributed by atoms with Crippen LogP contribution in [-0.2, 0) is 0 Å². The molecule has 2 aliphatic rings. The van der Waals surface area contributed by atoms with E-state index >= 15 is 0 Å². The number of unbranched alkanes of at least 4 members (excludes halogenated alkanes) is 1. The maximum atomic E-state index is 2.34. The van der Waals surface area contributed by atoms with Gasteiger partial charge in [0.25, 0.3) is 0 Å². The van der Waals surface area contributed by atoms with Gasteiger partial charge in [-0.3, -0.25) is 0 Å². The average molecular weight is 250 g/mol. The lowest BCUT2D eigenvalue weighted by Crippen LogP contribution is -2.21. The lowest BCUT2D eigenvalue weighted by atomic mass is 9.72. The standard InChI is InChI=1S/C18H34/c1-2-3-9-16-10-8-13-17-11-6-4-5-7-12-18(17)15-14-16/h16-18H,2-15H2,1H3. The first-order chi connectivity index (χ1) is 8.90. The molecule has 0 radical (unpaired) electrons. The first kappa shape index (κ1) is 14.4. The molecule has 2 fully saturated rings. The minimum Gasteiger partial charge on any atom is -0.0654 e. The number of hydrogen-bond acceptors (Lipinski definition) is 0. The van der Waals surface area contributed by atoms with Gasteiger partial charge in [0.15, 0.2) is 0 Å². The molecule has 0 N–H and O–H groups in total. The molecule has 2 aliphatic carbocycles. The Morgan fingerprint density at radius 1 is 0.667 bits per heavy atom. The van der Waals surface area contributed by atoms with E-state index < -0.39 is 0 Å². The van der Waals surface area contributed by atoms with Crippen LogP contribution in [0.25, 0.3) is 0 Å². The molecule has 3 unspecified atom stereocenters. The zero-order valence-electron chi connectivity index (χ0n) is 12.6. The predicted molar refractivity (Wildman–Crippen MR) is 80.8 cm³/mol. The van der Waals surface area contributed by atoms with Gasteiger partial charge in [-0.25, -0.2) is 0 Å². The van der Waals surface area contributed by atoms with E-state index in [1.54, 1.807) is 38.5 Å². The van der Waals surface area contributed by atoms with Crippen LogP contribution in [0.3, 0.4) is 0 Å². The Labute approximate surface area is 115 Å². The van der Waals surface area contributed by atoms with Crippen LogP contribution in [-0.4, -0.2) is 0 Å². The van der Waals surface area contributed by atoms with Gasteiger partial charge in [0.2, 0.25) is 0 Å². The van der Waals surface area contributed by atoms with Crippen molar-refractivity contribution in [2.24, 2.45) is 17.8 Å². The van der Waals surface area contributed by atoms with Gasteiger partial charge in [0, 0.05) is 0 Å². The second kappa shape index (κ2) is 8.23. The van der Waals surface area contributed by atoms with Gasteiger partial charge in [-0.15, -0.1) is 0 Å². The fourth-order valence-corrected chi connectivity index (χ4v) is 4.44. The summed E-state index contributed by atoms with van der Waals surface area (Å²) in [5, 5.41) is 0. The normalized spacial score (nSPS) is 34.8. The van der Waals surface area contributed by atoms with Crippen molar-refractivity contribution in [1.29, 1.82) is 0 Å². The maximum absolute atomic E-state index is 2.34. The molecule has 106 valence electrons. The molecule has 0 bridgehead atoms. The third kappa shape index (κ3) is 4.59. The quantitative estimate of drug-likeness (QED) is 0.548. The summed E-state index contributed by atoms with van der Waals surface area (Å²) in [7, 11) is 0. The summed E-state index contributed by atoms with van der Waals surface area (Å²) in [6.45, 7) is 2.34.